The van der Waals surface area contributed by atoms with Gasteiger partial charge in [-0.1, -0.05) is 27.7 Å². The minimum absolute atomic E-state index is 0.0537. The number of aromatic nitrogens is 2. The molecule has 22 heavy (non-hydrogen) atoms. The topological polar surface area (TPSA) is 58.3 Å². The molecule has 1 fully saturated rings. The maximum absolute atomic E-state index is 6.06. The molecule has 5 heteroatoms. The lowest BCUT2D eigenvalue weighted by molar-refractivity contribution is 0.239. The van der Waals surface area contributed by atoms with Crippen LogP contribution in [-0.4, -0.2) is 53.6 Å². The third-order valence-corrected chi connectivity index (χ3v) is 4.28. The predicted octanol–water partition coefficient (Wildman–Crippen LogP) is 1.94. The number of hydrogen-bond acceptors (Lipinski definition) is 5. The summed E-state index contributed by atoms with van der Waals surface area (Å²) in [6, 6.07) is 2.38. The van der Waals surface area contributed by atoms with Gasteiger partial charge in [-0.25, -0.2) is 9.97 Å². The fourth-order valence-corrected chi connectivity index (χ4v) is 2.67. The largest absolute Gasteiger partial charge is 0.338 e. The van der Waals surface area contributed by atoms with E-state index >= 15 is 0 Å². The van der Waals surface area contributed by atoms with Crippen molar-refractivity contribution >= 4 is 5.95 Å². The molecule has 1 atom stereocenters. The average Bonchev–Trinajstić information content (AvgIpc) is 2.46. The first kappa shape index (κ1) is 17.2. The molecule has 1 aliphatic heterocycles. The first-order valence-electron chi connectivity index (χ1n) is 8.38. The van der Waals surface area contributed by atoms with Crippen molar-refractivity contribution in [2.75, 3.05) is 37.6 Å². The van der Waals surface area contributed by atoms with E-state index in [-0.39, 0.29) is 11.5 Å². The molecule has 0 radical (unpaired) electrons. The Morgan fingerprint density at radius 3 is 2.36 bits per heavy atom. The van der Waals surface area contributed by atoms with Crippen LogP contribution < -0.4 is 10.6 Å². The monoisotopic (exact) mass is 305 g/mol. The number of anilines is 1. The third-order valence-electron chi connectivity index (χ3n) is 4.28. The number of aryl methyl sites for hydroxylation is 1. The zero-order valence-electron chi connectivity index (χ0n) is 14.8. The van der Waals surface area contributed by atoms with Gasteiger partial charge < -0.3 is 10.6 Å². The van der Waals surface area contributed by atoms with Gasteiger partial charge in [-0.3, -0.25) is 4.90 Å². The third kappa shape index (κ3) is 4.40. The highest BCUT2D eigenvalue weighted by molar-refractivity contribution is 5.34. The molecular formula is C17H31N5. The van der Waals surface area contributed by atoms with Crippen LogP contribution in [0.5, 0.6) is 0 Å². The van der Waals surface area contributed by atoms with Crippen LogP contribution in [0.2, 0.25) is 0 Å². The van der Waals surface area contributed by atoms with E-state index in [4.69, 9.17) is 10.7 Å². The van der Waals surface area contributed by atoms with Gasteiger partial charge in [0.25, 0.3) is 0 Å². The number of piperazine rings is 1. The molecule has 0 saturated carbocycles. The summed E-state index contributed by atoms with van der Waals surface area (Å²) in [5.74, 6) is 0.879. The van der Waals surface area contributed by atoms with Gasteiger partial charge in [-0.05, 0) is 19.4 Å². The van der Waals surface area contributed by atoms with Crippen molar-refractivity contribution in [1.29, 1.82) is 0 Å². The summed E-state index contributed by atoms with van der Waals surface area (Å²) in [6.45, 7) is 15.8. The summed E-state index contributed by atoms with van der Waals surface area (Å²) in [4.78, 5) is 14.2. The maximum atomic E-state index is 6.06. The molecule has 0 aliphatic carbocycles. The van der Waals surface area contributed by atoms with E-state index in [1.54, 1.807) is 0 Å². The van der Waals surface area contributed by atoms with Gasteiger partial charge in [0.1, 0.15) is 0 Å². The molecule has 0 bridgehead atoms. The Kier molecular flexibility index (Phi) is 5.40. The molecule has 1 unspecified atom stereocenters. The number of hydrogen-bond donors (Lipinski definition) is 1. The second kappa shape index (κ2) is 6.92. The van der Waals surface area contributed by atoms with E-state index in [2.05, 4.69) is 55.5 Å². The van der Waals surface area contributed by atoms with Crippen molar-refractivity contribution in [3.8, 4) is 0 Å². The average molecular weight is 305 g/mol. The summed E-state index contributed by atoms with van der Waals surface area (Å²) in [7, 11) is 0. The van der Waals surface area contributed by atoms with Crippen molar-refractivity contribution in [2.24, 2.45) is 5.73 Å². The Hall–Kier alpha value is -1.20. The van der Waals surface area contributed by atoms with Gasteiger partial charge >= 0.3 is 0 Å². The zero-order valence-corrected chi connectivity index (χ0v) is 14.8. The van der Waals surface area contributed by atoms with Crippen molar-refractivity contribution < 1.29 is 0 Å². The molecule has 0 amide bonds. The van der Waals surface area contributed by atoms with Crippen LogP contribution in [0, 0.1) is 6.92 Å². The van der Waals surface area contributed by atoms with E-state index in [0.29, 0.717) is 0 Å². The summed E-state index contributed by atoms with van der Waals surface area (Å²) in [5.41, 5.74) is 8.27. The van der Waals surface area contributed by atoms with Crippen LogP contribution in [0.15, 0.2) is 6.07 Å². The second-order valence-corrected chi connectivity index (χ2v) is 7.40. The van der Waals surface area contributed by atoms with Gasteiger partial charge in [0.05, 0.1) is 5.69 Å². The highest BCUT2D eigenvalue weighted by Crippen LogP contribution is 2.23. The van der Waals surface area contributed by atoms with Crippen molar-refractivity contribution in [3.63, 3.8) is 0 Å². The second-order valence-electron chi connectivity index (χ2n) is 7.40. The van der Waals surface area contributed by atoms with E-state index in [9.17, 15) is 0 Å². The lowest BCUT2D eigenvalue weighted by atomic mass is 9.91. The Labute approximate surface area is 134 Å². The number of nitrogens with two attached hydrogens (primary N) is 1. The van der Waals surface area contributed by atoms with E-state index in [0.717, 1.165) is 56.5 Å². The summed E-state index contributed by atoms with van der Waals surface area (Å²) >= 11 is 0. The zero-order chi connectivity index (χ0) is 16.3. The van der Waals surface area contributed by atoms with Crippen molar-refractivity contribution in [1.82, 2.24) is 14.9 Å². The summed E-state index contributed by atoms with van der Waals surface area (Å²) in [6.07, 6.45) is 1.04. The van der Waals surface area contributed by atoms with Crippen molar-refractivity contribution in [3.05, 3.63) is 17.5 Å². The smallest absolute Gasteiger partial charge is 0.225 e. The molecule has 1 aliphatic rings. The SMILES string of the molecule is CCC(N)CN1CCN(c2nc(C)cc(C(C)(C)C)n2)CC1. The molecule has 1 saturated heterocycles. The highest BCUT2D eigenvalue weighted by atomic mass is 15.3. The normalized spacial score (nSPS) is 18.5. The molecule has 2 N–H and O–H groups in total. The van der Waals surface area contributed by atoms with Crippen LogP contribution in [0.3, 0.4) is 0 Å². The first-order valence-corrected chi connectivity index (χ1v) is 8.38. The number of rotatable bonds is 4. The van der Waals surface area contributed by atoms with Crippen molar-refractivity contribution in [2.45, 2.75) is 52.5 Å². The molecule has 2 rings (SSSR count). The van der Waals surface area contributed by atoms with Crippen LogP contribution in [0.4, 0.5) is 5.95 Å². The van der Waals surface area contributed by atoms with Crippen LogP contribution in [0.25, 0.3) is 0 Å². The molecule has 5 nitrogen and oxygen atoms in total. The van der Waals surface area contributed by atoms with E-state index < -0.39 is 0 Å². The molecule has 0 spiro atoms. The van der Waals surface area contributed by atoms with Crippen LogP contribution in [0.1, 0.15) is 45.5 Å². The molecular weight excluding hydrogens is 274 g/mol. The standard InChI is InChI=1S/C17H31N5/c1-6-14(18)12-21-7-9-22(10-8-21)16-19-13(2)11-15(20-16)17(3,4)5/h11,14H,6-10,12,18H2,1-5H3. The number of nitrogens with zero attached hydrogens (tertiary/aromatic N) is 4. The summed E-state index contributed by atoms with van der Waals surface area (Å²) in [5, 5.41) is 0. The fraction of sp³-hybridized carbons (Fsp3) is 0.765. The van der Waals surface area contributed by atoms with Gasteiger partial charge in [-0.15, -0.1) is 0 Å². The van der Waals surface area contributed by atoms with Gasteiger partial charge in [0.15, 0.2) is 0 Å². The quantitative estimate of drug-likeness (QED) is 0.921. The Morgan fingerprint density at radius 1 is 1.18 bits per heavy atom. The minimum Gasteiger partial charge on any atom is -0.338 e. The van der Waals surface area contributed by atoms with Crippen LogP contribution in [-0.2, 0) is 5.41 Å². The lowest BCUT2D eigenvalue weighted by Gasteiger charge is -2.36. The van der Waals surface area contributed by atoms with E-state index in [1.807, 2.05) is 0 Å². The Balaban J connectivity index is 2.04. The maximum Gasteiger partial charge on any atom is 0.225 e. The Morgan fingerprint density at radius 2 is 1.82 bits per heavy atom. The fourth-order valence-electron chi connectivity index (χ4n) is 2.67. The first-order chi connectivity index (χ1) is 10.3. The van der Waals surface area contributed by atoms with Gasteiger partial charge in [-0.2, -0.15) is 0 Å². The lowest BCUT2D eigenvalue weighted by Crippen LogP contribution is -2.50. The molecule has 0 aromatic carbocycles. The molecule has 1 aromatic heterocycles. The summed E-state index contributed by atoms with van der Waals surface area (Å²) < 4.78 is 0. The molecule has 124 valence electrons. The highest BCUT2D eigenvalue weighted by Gasteiger charge is 2.23. The van der Waals surface area contributed by atoms with Gasteiger partial charge in [0, 0.05) is 49.9 Å². The van der Waals surface area contributed by atoms with E-state index in [1.165, 1.54) is 0 Å². The minimum atomic E-state index is 0.0537. The van der Waals surface area contributed by atoms with Crippen LogP contribution >= 0.6 is 0 Å². The predicted molar refractivity (Wildman–Crippen MR) is 92.4 cm³/mol. The Bertz CT molecular complexity index is 486. The molecule has 1 aromatic rings. The molecule has 2 heterocycles. The van der Waals surface area contributed by atoms with Gasteiger partial charge in [0.2, 0.25) is 5.95 Å².